The zero-order valence-electron chi connectivity index (χ0n) is 15.9. The highest BCUT2D eigenvalue weighted by Crippen LogP contribution is 2.22. The Labute approximate surface area is 162 Å². The normalized spacial score (nSPS) is 20.5. The van der Waals surface area contributed by atoms with Crippen molar-refractivity contribution in [3.63, 3.8) is 0 Å². The summed E-state index contributed by atoms with van der Waals surface area (Å²) in [5.74, 6) is 0.556. The van der Waals surface area contributed by atoms with Gasteiger partial charge in [-0.3, -0.25) is 14.8 Å². The highest BCUT2D eigenvalue weighted by molar-refractivity contribution is 5.93. The maximum Gasteiger partial charge on any atom is 0.272 e. The number of carbonyl (C=O) groups is 1. The number of aromatic nitrogens is 2. The summed E-state index contributed by atoms with van der Waals surface area (Å²) in [6.45, 7) is 6.31. The largest absolute Gasteiger partial charge is 0.468 e. The Morgan fingerprint density at radius 3 is 2.71 bits per heavy atom. The Balaban J connectivity index is 1.46. The van der Waals surface area contributed by atoms with Gasteiger partial charge in [-0.05, 0) is 56.3 Å². The molecule has 1 aromatic carbocycles. The van der Waals surface area contributed by atoms with Crippen molar-refractivity contribution in [3.05, 3.63) is 66.0 Å². The minimum atomic E-state index is -0.300. The minimum Gasteiger partial charge on any atom is -0.468 e. The number of amides is 1. The first-order valence-corrected chi connectivity index (χ1v) is 9.40. The van der Waals surface area contributed by atoms with Crippen molar-refractivity contribution in [3.8, 4) is 11.3 Å². The van der Waals surface area contributed by atoms with Crippen LogP contribution >= 0.6 is 0 Å². The molecule has 1 aliphatic heterocycles. The number of nitrogens with zero attached hydrogens (tertiary/aromatic N) is 3. The van der Waals surface area contributed by atoms with Gasteiger partial charge in [-0.1, -0.05) is 0 Å². The molecule has 6 nitrogen and oxygen atoms in total. The molecule has 3 aromatic rings. The lowest BCUT2D eigenvalue weighted by Gasteiger charge is -2.43. The van der Waals surface area contributed by atoms with Crippen LogP contribution in [0.3, 0.4) is 0 Å². The number of furan rings is 1. The number of nitrogens with one attached hydrogen (secondary N) is 1. The van der Waals surface area contributed by atoms with Crippen LogP contribution in [0.4, 0.5) is 4.39 Å². The summed E-state index contributed by atoms with van der Waals surface area (Å²) < 4.78 is 18.6. The molecule has 1 amide bonds. The van der Waals surface area contributed by atoms with E-state index in [0.717, 1.165) is 24.4 Å². The Morgan fingerprint density at radius 2 is 2.00 bits per heavy atom. The number of carbonyl (C=O) groups excluding carboxylic acids is 1. The molecule has 1 N–H and O–H groups in total. The fourth-order valence-corrected chi connectivity index (χ4v) is 3.66. The minimum absolute atomic E-state index is 0.0660. The summed E-state index contributed by atoms with van der Waals surface area (Å²) in [6, 6.07) is 11.9. The molecular weight excluding hydrogens is 359 g/mol. The molecule has 1 fully saturated rings. The molecule has 1 saturated heterocycles. The standard InChI is InChI=1S/C21H23FN4O2/c1-14-12-26(15(2)11-25(14)13-18-4-3-9-28-18)21(27)20-10-19(23-24-20)16-5-7-17(22)8-6-16/h3-10,14-15H,11-13H2,1-2H3,(H,23,24)/t14-,15-/m1/s1. The maximum atomic E-state index is 13.1. The highest BCUT2D eigenvalue weighted by Gasteiger charge is 2.33. The molecule has 1 aliphatic rings. The molecule has 0 aliphatic carbocycles. The van der Waals surface area contributed by atoms with Gasteiger partial charge in [0.1, 0.15) is 17.3 Å². The van der Waals surface area contributed by atoms with Crippen molar-refractivity contribution in [2.45, 2.75) is 32.5 Å². The number of hydrogen-bond acceptors (Lipinski definition) is 4. The van der Waals surface area contributed by atoms with E-state index in [1.807, 2.05) is 17.0 Å². The van der Waals surface area contributed by atoms with Gasteiger partial charge < -0.3 is 9.32 Å². The van der Waals surface area contributed by atoms with E-state index in [4.69, 9.17) is 4.42 Å². The van der Waals surface area contributed by atoms with E-state index >= 15 is 0 Å². The first kappa shape index (κ1) is 18.4. The van der Waals surface area contributed by atoms with Gasteiger partial charge in [-0.15, -0.1) is 0 Å². The van der Waals surface area contributed by atoms with E-state index < -0.39 is 0 Å². The van der Waals surface area contributed by atoms with Gasteiger partial charge in [0, 0.05) is 30.7 Å². The summed E-state index contributed by atoms with van der Waals surface area (Å²) in [5.41, 5.74) is 1.83. The summed E-state index contributed by atoms with van der Waals surface area (Å²) in [4.78, 5) is 17.2. The van der Waals surface area contributed by atoms with Crippen LogP contribution in [0.2, 0.25) is 0 Å². The van der Waals surface area contributed by atoms with Crippen molar-refractivity contribution < 1.29 is 13.6 Å². The van der Waals surface area contributed by atoms with E-state index in [-0.39, 0.29) is 23.8 Å². The summed E-state index contributed by atoms with van der Waals surface area (Å²) in [5, 5.41) is 7.06. The maximum absolute atomic E-state index is 13.1. The smallest absolute Gasteiger partial charge is 0.272 e. The zero-order chi connectivity index (χ0) is 19.7. The second-order valence-electron chi connectivity index (χ2n) is 7.34. The van der Waals surface area contributed by atoms with Crippen LogP contribution in [0.5, 0.6) is 0 Å². The van der Waals surface area contributed by atoms with Crippen LogP contribution < -0.4 is 0 Å². The topological polar surface area (TPSA) is 65.4 Å². The first-order valence-electron chi connectivity index (χ1n) is 9.40. The molecule has 0 bridgehead atoms. The van der Waals surface area contributed by atoms with Crippen LogP contribution in [-0.2, 0) is 6.54 Å². The predicted molar refractivity (Wildman–Crippen MR) is 103 cm³/mol. The Hall–Kier alpha value is -2.93. The molecule has 0 spiro atoms. The number of rotatable bonds is 4. The zero-order valence-corrected chi connectivity index (χ0v) is 15.9. The third-order valence-electron chi connectivity index (χ3n) is 5.26. The fraction of sp³-hybridized carbons (Fsp3) is 0.333. The van der Waals surface area contributed by atoms with Crippen molar-refractivity contribution >= 4 is 5.91 Å². The first-order chi connectivity index (χ1) is 13.5. The number of halogens is 1. The second-order valence-corrected chi connectivity index (χ2v) is 7.34. The van der Waals surface area contributed by atoms with Gasteiger partial charge >= 0.3 is 0 Å². The number of hydrogen-bond donors (Lipinski definition) is 1. The molecule has 7 heteroatoms. The van der Waals surface area contributed by atoms with Crippen LogP contribution in [0.1, 0.15) is 30.1 Å². The Bertz CT molecular complexity index is 936. The molecule has 4 rings (SSSR count). The van der Waals surface area contributed by atoms with E-state index in [9.17, 15) is 9.18 Å². The molecule has 28 heavy (non-hydrogen) atoms. The number of benzene rings is 1. The lowest BCUT2D eigenvalue weighted by Crippen LogP contribution is -2.57. The molecule has 0 unspecified atom stereocenters. The molecule has 3 heterocycles. The van der Waals surface area contributed by atoms with Crippen LogP contribution in [0.25, 0.3) is 11.3 Å². The van der Waals surface area contributed by atoms with Gasteiger partial charge in [0.2, 0.25) is 0 Å². The number of piperazine rings is 1. The quantitative estimate of drug-likeness (QED) is 0.750. The number of H-pyrrole nitrogens is 1. The van der Waals surface area contributed by atoms with Crippen molar-refractivity contribution in [1.82, 2.24) is 20.0 Å². The van der Waals surface area contributed by atoms with E-state index in [0.29, 0.717) is 17.9 Å². The van der Waals surface area contributed by atoms with E-state index in [1.165, 1.54) is 12.1 Å². The summed E-state index contributed by atoms with van der Waals surface area (Å²) in [6.07, 6.45) is 1.68. The summed E-state index contributed by atoms with van der Waals surface area (Å²) in [7, 11) is 0. The molecule has 0 saturated carbocycles. The highest BCUT2D eigenvalue weighted by atomic mass is 19.1. The van der Waals surface area contributed by atoms with E-state index in [1.54, 1.807) is 24.5 Å². The van der Waals surface area contributed by atoms with Gasteiger partial charge in [0.15, 0.2) is 0 Å². The van der Waals surface area contributed by atoms with Gasteiger partial charge in [0.05, 0.1) is 18.5 Å². The van der Waals surface area contributed by atoms with Crippen molar-refractivity contribution in [1.29, 1.82) is 0 Å². The lowest BCUT2D eigenvalue weighted by atomic mass is 10.1. The third-order valence-corrected chi connectivity index (χ3v) is 5.26. The predicted octanol–water partition coefficient (Wildman–Crippen LogP) is 3.54. The summed E-state index contributed by atoms with van der Waals surface area (Å²) >= 11 is 0. The average Bonchev–Trinajstić information content (AvgIpc) is 3.36. The SMILES string of the molecule is C[C@@H]1CN(C(=O)c2cc(-c3ccc(F)cc3)n[nH]2)[C@H](C)CN1Cc1ccco1. The monoisotopic (exact) mass is 382 g/mol. The molecule has 2 aromatic heterocycles. The average molecular weight is 382 g/mol. The van der Waals surface area contributed by atoms with Gasteiger partial charge in [-0.25, -0.2) is 4.39 Å². The van der Waals surface area contributed by atoms with Gasteiger partial charge in [0.25, 0.3) is 5.91 Å². The molecule has 0 radical (unpaired) electrons. The Kier molecular flexibility index (Phi) is 5.00. The van der Waals surface area contributed by atoms with Crippen LogP contribution in [0.15, 0.2) is 53.1 Å². The number of aromatic amines is 1. The van der Waals surface area contributed by atoms with Crippen molar-refractivity contribution in [2.75, 3.05) is 13.1 Å². The molecular formula is C21H23FN4O2. The van der Waals surface area contributed by atoms with Crippen LogP contribution in [0, 0.1) is 5.82 Å². The van der Waals surface area contributed by atoms with Crippen LogP contribution in [-0.4, -0.2) is 51.1 Å². The lowest BCUT2D eigenvalue weighted by molar-refractivity contribution is 0.0265. The molecule has 2 atom stereocenters. The molecule has 146 valence electrons. The van der Waals surface area contributed by atoms with E-state index in [2.05, 4.69) is 28.9 Å². The third kappa shape index (κ3) is 3.71. The van der Waals surface area contributed by atoms with Gasteiger partial charge in [-0.2, -0.15) is 5.10 Å². The van der Waals surface area contributed by atoms with Crippen molar-refractivity contribution in [2.24, 2.45) is 0 Å². The Morgan fingerprint density at radius 1 is 1.21 bits per heavy atom. The second kappa shape index (κ2) is 7.59. The fourth-order valence-electron chi connectivity index (χ4n) is 3.66.